The molecule has 186 valence electrons. The van der Waals surface area contributed by atoms with Crippen molar-refractivity contribution < 1.29 is 24.3 Å². The van der Waals surface area contributed by atoms with Crippen molar-refractivity contribution in [2.45, 2.75) is 54.8 Å². The molecule has 0 spiro atoms. The van der Waals surface area contributed by atoms with Gasteiger partial charge < -0.3 is 5.11 Å². The van der Waals surface area contributed by atoms with Gasteiger partial charge in [0.15, 0.2) is 9.75 Å². The molecule has 0 aromatic heterocycles. The quantitative estimate of drug-likeness (QED) is 0.247. The molecule has 1 aromatic carbocycles. The minimum absolute atomic E-state index is 0.0350. The first kappa shape index (κ1) is 24.8. The Kier molecular flexibility index (Phi) is 5.52. The van der Waals surface area contributed by atoms with Gasteiger partial charge in [0.05, 0.1) is 17.3 Å². The zero-order valence-corrected chi connectivity index (χ0v) is 22.5. The van der Waals surface area contributed by atoms with Crippen molar-refractivity contribution in [2.75, 3.05) is 5.45 Å². The fraction of sp³-hybridized carbons (Fsp3) is 0.520. The van der Waals surface area contributed by atoms with Gasteiger partial charge in [-0.15, -0.1) is 23.2 Å². The van der Waals surface area contributed by atoms with Gasteiger partial charge in [0.25, 0.3) is 11.8 Å². The molecule has 6 atom stereocenters. The molecule has 5 rings (SSSR count). The number of phenols is 1. The Morgan fingerprint density at radius 3 is 2.23 bits per heavy atom. The molecule has 0 unspecified atom stereocenters. The minimum Gasteiger partial charge on any atom is -0.508 e. The predicted octanol–water partition coefficient (Wildman–Crippen LogP) is 3.90. The second kappa shape index (κ2) is 7.80. The maximum absolute atomic E-state index is 13.7. The summed E-state index contributed by atoms with van der Waals surface area (Å²) in [5.41, 5.74) is 0.565. The number of phenolic OH excluding ortho intramolecular Hbond substituents is 1. The Bertz CT molecular complexity index is 1200. The molecule has 1 N–H and O–H groups in total. The lowest BCUT2D eigenvalue weighted by Crippen LogP contribution is -2.60. The Morgan fingerprint density at radius 2 is 1.66 bits per heavy atom. The third kappa shape index (κ3) is 3.08. The van der Waals surface area contributed by atoms with Gasteiger partial charge in [0, 0.05) is 11.5 Å². The highest BCUT2D eigenvalue weighted by molar-refractivity contribution is 9.09. The summed E-state index contributed by atoms with van der Waals surface area (Å²) in [5, 5.41) is 9.86. The van der Waals surface area contributed by atoms with Crippen molar-refractivity contribution in [1.29, 1.82) is 0 Å². The van der Waals surface area contributed by atoms with Crippen LogP contribution in [0.1, 0.15) is 45.1 Å². The summed E-state index contributed by atoms with van der Waals surface area (Å²) in [6, 6.07) is 6.26. The lowest BCUT2D eigenvalue weighted by Gasteiger charge is -2.50. The molecule has 2 saturated heterocycles. The lowest BCUT2D eigenvalue weighted by molar-refractivity contribution is -0.146. The van der Waals surface area contributed by atoms with E-state index >= 15 is 0 Å². The zero-order chi connectivity index (χ0) is 25.7. The van der Waals surface area contributed by atoms with Crippen LogP contribution in [0, 0.1) is 17.8 Å². The van der Waals surface area contributed by atoms with Crippen LogP contribution in [0.2, 0.25) is 0 Å². The van der Waals surface area contributed by atoms with E-state index in [0.717, 1.165) is 10.5 Å². The van der Waals surface area contributed by atoms with Crippen molar-refractivity contribution in [2.24, 2.45) is 17.8 Å². The summed E-state index contributed by atoms with van der Waals surface area (Å²) in [7, 11) is 0. The molecule has 4 amide bonds. The van der Waals surface area contributed by atoms with Gasteiger partial charge in [-0.05, 0) is 57.2 Å². The van der Waals surface area contributed by atoms with E-state index in [0.29, 0.717) is 12.0 Å². The Morgan fingerprint density at radius 1 is 1.03 bits per heavy atom. The van der Waals surface area contributed by atoms with Crippen molar-refractivity contribution in [1.82, 2.24) is 9.80 Å². The van der Waals surface area contributed by atoms with Crippen molar-refractivity contribution in [3.8, 4) is 5.75 Å². The maximum atomic E-state index is 13.7. The number of hydrogen-bond donors (Lipinski definition) is 1. The smallest absolute Gasteiger partial charge is 0.254 e. The zero-order valence-electron chi connectivity index (χ0n) is 19.4. The summed E-state index contributed by atoms with van der Waals surface area (Å²) < 4.78 is 0. The Balaban J connectivity index is 1.71. The molecule has 35 heavy (non-hydrogen) atoms. The van der Waals surface area contributed by atoms with E-state index in [2.05, 4.69) is 15.9 Å². The summed E-state index contributed by atoms with van der Waals surface area (Å²) >= 11 is 17.5. The van der Waals surface area contributed by atoms with Crippen molar-refractivity contribution in [3.05, 3.63) is 41.5 Å². The van der Waals surface area contributed by atoms with Crippen LogP contribution < -0.4 is 0 Å². The molecular formula is C25H25BrCl2N2O5. The molecule has 2 aliphatic carbocycles. The molecule has 1 aromatic rings. The number of allylic oxidation sites excluding steroid dienone is 2. The van der Waals surface area contributed by atoms with Crippen molar-refractivity contribution >= 4 is 62.8 Å². The maximum Gasteiger partial charge on any atom is 0.254 e. The van der Waals surface area contributed by atoms with E-state index in [1.165, 1.54) is 17.0 Å². The first-order chi connectivity index (χ1) is 16.3. The number of amides is 4. The molecule has 4 aliphatic rings. The van der Waals surface area contributed by atoms with Crippen LogP contribution >= 0.6 is 39.1 Å². The van der Waals surface area contributed by atoms with Gasteiger partial charge in [-0.3, -0.25) is 29.0 Å². The van der Waals surface area contributed by atoms with Gasteiger partial charge in [-0.25, -0.2) is 0 Å². The number of carbonyl (C=O) groups excluding carboxylic acids is 4. The largest absolute Gasteiger partial charge is 0.508 e. The molecule has 10 heteroatoms. The molecule has 0 radical (unpaired) electrons. The number of halogens is 3. The molecule has 0 bridgehead atoms. The third-order valence-corrected chi connectivity index (χ3v) is 9.83. The van der Waals surface area contributed by atoms with E-state index < -0.39 is 50.8 Å². The van der Waals surface area contributed by atoms with Crippen LogP contribution in [0.5, 0.6) is 5.75 Å². The number of carbonyl (C=O) groups is 4. The number of benzene rings is 1. The summed E-state index contributed by atoms with van der Waals surface area (Å²) in [6.07, 6.45) is 2.19. The van der Waals surface area contributed by atoms with Crippen LogP contribution in [0.3, 0.4) is 0 Å². The number of aromatic hydroxyl groups is 1. The highest BCUT2D eigenvalue weighted by atomic mass is 79.9. The van der Waals surface area contributed by atoms with Gasteiger partial charge >= 0.3 is 0 Å². The SMILES string of the molecule is CC(C)(C)N1C(=O)[C@H]2[C@H](CC=C3[C@H]2C[C@@]2(Cl)C(=O)N(CBr)C(=O)[C@@]2(Cl)[C@H]3c2ccc(O)cc2)C1=O. The Hall–Kier alpha value is -1.90. The number of likely N-dealkylation sites (tertiary alicyclic amines) is 2. The van der Waals surface area contributed by atoms with Crippen LogP contribution in [-0.4, -0.2) is 59.3 Å². The van der Waals surface area contributed by atoms with E-state index in [-0.39, 0.29) is 29.4 Å². The topological polar surface area (TPSA) is 95.0 Å². The van der Waals surface area contributed by atoms with E-state index in [1.54, 1.807) is 12.1 Å². The van der Waals surface area contributed by atoms with E-state index in [1.807, 2.05) is 26.8 Å². The van der Waals surface area contributed by atoms with Crippen LogP contribution in [0.25, 0.3) is 0 Å². The number of alkyl halides is 3. The van der Waals surface area contributed by atoms with E-state index in [9.17, 15) is 24.3 Å². The van der Waals surface area contributed by atoms with Crippen LogP contribution in [-0.2, 0) is 19.2 Å². The average Bonchev–Trinajstić information content (AvgIpc) is 3.13. The van der Waals surface area contributed by atoms with E-state index in [4.69, 9.17) is 23.2 Å². The highest BCUT2D eigenvalue weighted by Gasteiger charge is 2.76. The molecule has 3 fully saturated rings. The normalized spacial score (nSPS) is 36.8. The Labute approximate surface area is 221 Å². The summed E-state index contributed by atoms with van der Waals surface area (Å²) in [4.78, 5) is 52.8. The fourth-order valence-corrected chi connectivity index (χ4v) is 7.88. The number of imide groups is 2. The summed E-state index contributed by atoms with van der Waals surface area (Å²) in [6.45, 7) is 5.44. The number of hydrogen-bond acceptors (Lipinski definition) is 5. The predicted molar refractivity (Wildman–Crippen MR) is 133 cm³/mol. The van der Waals surface area contributed by atoms with Gasteiger partial charge in [-0.1, -0.05) is 39.7 Å². The van der Waals surface area contributed by atoms with Crippen molar-refractivity contribution in [3.63, 3.8) is 0 Å². The summed E-state index contributed by atoms with van der Waals surface area (Å²) in [5.74, 6) is -4.34. The number of nitrogens with zero attached hydrogens (tertiary/aromatic N) is 2. The molecule has 1 saturated carbocycles. The molecule has 2 heterocycles. The highest BCUT2D eigenvalue weighted by Crippen LogP contribution is 2.65. The number of fused-ring (bicyclic) bond motifs is 4. The van der Waals surface area contributed by atoms with Gasteiger partial charge in [0.1, 0.15) is 5.75 Å². The standard InChI is InChI=1S/C25H25BrCl2N2O5/c1-23(2,3)30-19(32)15-9-8-14-16(17(15)20(30)33)10-24(27)21(34)29(11-26)22(35)25(24,28)18(14)12-4-6-13(31)7-5-12/h4-8,15-18,31H,9-11H2,1-3H3/t15-,16+,17-,18-,24+,25-/m0/s1. The monoisotopic (exact) mass is 582 g/mol. The first-order valence-electron chi connectivity index (χ1n) is 11.5. The first-order valence-corrected chi connectivity index (χ1v) is 13.3. The lowest BCUT2D eigenvalue weighted by atomic mass is 9.56. The fourth-order valence-electron chi connectivity index (χ4n) is 6.45. The second-order valence-corrected chi connectivity index (χ2v) is 12.5. The minimum atomic E-state index is -1.83. The molecule has 7 nitrogen and oxygen atoms in total. The molecule has 2 aliphatic heterocycles. The molecular weight excluding hydrogens is 559 g/mol. The number of rotatable bonds is 2. The second-order valence-electron chi connectivity index (χ2n) is 10.8. The van der Waals surface area contributed by atoms with Crippen LogP contribution in [0.4, 0.5) is 0 Å². The average molecular weight is 584 g/mol. The van der Waals surface area contributed by atoms with Gasteiger partial charge in [-0.2, -0.15) is 0 Å². The van der Waals surface area contributed by atoms with Crippen LogP contribution in [0.15, 0.2) is 35.9 Å². The third-order valence-electron chi connectivity index (χ3n) is 7.91. The van der Waals surface area contributed by atoms with Gasteiger partial charge in [0.2, 0.25) is 11.8 Å².